The monoisotopic (exact) mass is 265 g/mol. The van der Waals surface area contributed by atoms with Crippen LogP contribution in [0.4, 0.5) is 0 Å². The van der Waals surface area contributed by atoms with Crippen LogP contribution in [0, 0.1) is 0 Å². The van der Waals surface area contributed by atoms with Gasteiger partial charge in [-0.2, -0.15) is 0 Å². The summed E-state index contributed by atoms with van der Waals surface area (Å²) in [4.78, 5) is 2.95. The van der Waals surface area contributed by atoms with Crippen LogP contribution in [-0.2, 0) is 23.1 Å². The van der Waals surface area contributed by atoms with Crippen molar-refractivity contribution in [3.05, 3.63) is 53.9 Å². The Morgan fingerprint density at radius 1 is 1.11 bits per heavy atom. The molecule has 1 heterocycles. The summed E-state index contributed by atoms with van der Waals surface area (Å²) >= 11 is 0. The number of nitrogens with two attached hydrogens (primary N) is 1. The maximum Gasteiger partial charge on any atom is 0.242 e. The van der Waals surface area contributed by atoms with E-state index in [1.165, 1.54) is 12.3 Å². The molecule has 0 saturated carbocycles. The Hall–Kier alpha value is -1.63. The van der Waals surface area contributed by atoms with Gasteiger partial charge < -0.3 is 10.7 Å². The summed E-state index contributed by atoms with van der Waals surface area (Å²) in [5.74, 6) is 0. The number of aromatic amines is 1. The Labute approximate surface area is 106 Å². The predicted molar refractivity (Wildman–Crippen MR) is 69.2 cm³/mol. The van der Waals surface area contributed by atoms with Crippen molar-refractivity contribution in [1.82, 2.24) is 9.71 Å². The minimum Gasteiger partial charge on any atom is -0.366 e. The van der Waals surface area contributed by atoms with Gasteiger partial charge in [-0.3, -0.25) is 0 Å². The molecule has 1 aromatic heterocycles. The first-order valence-electron chi connectivity index (χ1n) is 5.52. The Balaban J connectivity index is 2.03. The molecule has 0 fully saturated rings. The molecule has 0 atom stereocenters. The fourth-order valence-electron chi connectivity index (χ4n) is 1.53. The van der Waals surface area contributed by atoms with E-state index in [1.807, 2.05) is 24.3 Å². The molecule has 0 radical (unpaired) electrons. The van der Waals surface area contributed by atoms with Crippen LogP contribution in [0.15, 0.2) is 47.6 Å². The van der Waals surface area contributed by atoms with E-state index < -0.39 is 10.0 Å². The van der Waals surface area contributed by atoms with E-state index >= 15 is 0 Å². The summed E-state index contributed by atoms with van der Waals surface area (Å²) in [5, 5.41) is 0. The number of hydrogen-bond donors (Lipinski definition) is 3. The van der Waals surface area contributed by atoms with Crippen LogP contribution in [0.1, 0.15) is 11.1 Å². The second kappa shape index (κ2) is 5.34. The largest absolute Gasteiger partial charge is 0.366 e. The van der Waals surface area contributed by atoms with E-state index in [9.17, 15) is 8.42 Å². The van der Waals surface area contributed by atoms with E-state index in [2.05, 4.69) is 9.71 Å². The third-order valence-corrected chi connectivity index (χ3v) is 4.00. The lowest BCUT2D eigenvalue weighted by Crippen LogP contribution is -2.22. The Morgan fingerprint density at radius 2 is 1.78 bits per heavy atom. The third kappa shape index (κ3) is 2.98. The van der Waals surface area contributed by atoms with Gasteiger partial charge in [-0.25, -0.2) is 13.1 Å². The van der Waals surface area contributed by atoms with E-state index in [0.29, 0.717) is 6.54 Å². The van der Waals surface area contributed by atoms with Crippen molar-refractivity contribution in [3.8, 4) is 0 Å². The van der Waals surface area contributed by atoms with E-state index in [4.69, 9.17) is 5.73 Å². The SMILES string of the molecule is NCc1ccc(CNS(=O)(=O)c2cc[nH]c2)cc1. The van der Waals surface area contributed by atoms with Crippen molar-refractivity contribution in [3.63, 3.8) is 0 Å². The van der Waals surface area contributed by atoms with Gasteiger partial charge in [-0.05, 0) is 17.2 Å². The highest BCUT2D eigenvalue weighted by Gasteiger charge is 2.13. The number of aromatic nitrogens is 1. The quantitative estimate of drug-likeness (QED) is 0.752. The lowest BCUT2D eigenvalue weighted by molar-refractivity contribution is 0.581. The van der Waals surface area contributed by atoms with Gasteiger partial charge in [0, 0.05) is 25.5 Å². The lowest BCUT2D eigenvalue weighted by atomic mass is 10.1. The van der Waals surface area contributed by atoms with Gasteiger partial charge in [0.1, 0.15) is 0 Å². The first-order valence-corrected chi connectivity index (χ1v) is 7.00. The van der Waals surface area contributed by atoms with Crippen molar-refractivity contribution >= 4 is 10.0 Å². The molecule has 2 aromatic rings. The standard InChI is InChI=1S/C12H15N3O2S/c13-7-10-1-3-11(4-2-10)8-15-18(16,17)12-5-6-14-9-12/h1-6,9,14-15H,7-8,13H2. The summed E-state index contributed by atoms with van der Waals surface area (Å²) < 4.78 is 26.2. The summed E-state index contributed by atoms with van der Waals surface area (Å²) in [7, 11) is -3.44. The van der Waals surface area contributed by atoms with Crippen LogP contribution >= 0.6 is 0 Å². The van der Waals surface area contributed by atoms with Gasteiger partial charge >= 0.3 is 0 Å². The highest BCUT2D eigenvalue weighted by Crippen LogP contribution is 2.08. The summed E-state index contributed by atoms with van der Waals surface area (Å²) in [6, 6.07) is 9.02. The first-order chi connectivity index (χ1) is 8.62. The molecule has 0 spiro atoms. The third-order valence-electron chi connectivity index (χ3n) is 2.60. The van der Waals surface area contributed by atoms with Crippen LogP contribution in [0.3, 0.4) is 0 Å². The first kappa shape index (κ1) is 12.8. The zero-order valence-corrected chi connectivity index (χ0v) is 10.6. The topological polar surface area (TPSA) is 88.0 Å². The number of nitrogens with one attached hydrogen (secondary N) is 2. The molecule has 4 N–H and O–H groups in total. The maximum atomic E-state index is 11.8. The summed E-state index contributed by atoms with van der Waals surface area (Å²) in [6.45, 7) is 0.744. The van der Waals surface area contributed by atoms with Gasteiger partial charge in [0.05, 0.1) is 4.90 Å². The smallest absolute Gasteiger partial charge is 0.242 e. The van der Waals surface area contributed by atoms with Crippen LogP contribution in [0.5, 0.6) is 0 Å². The minimum atomic E-state index is -3.44. The molecular formula is C12H15N3O2S. The van der Waals surface area contributed by atoms with Crippen LogP contribution < -0.4 is 10.5 Å². The van der Waals surface area contributed by atoms with Crippen molar-refractivity contribution in [2.75, 3.05) is 0 Å². The van der Waals surface area contributed by atoms with Crippen molar-refractivity contribution in [2.24, 2.45) is 5.73 Å². The average molecular weight is 265 g/mol. The van der Waals surface area contributed by atoms with Crippen molar-refractivity contribution in [2.45, 2.75) is 18.0 Å². The molecule has 6 heteroatoms. The lowest BCUT2D eigenvalue weighted by Gasteiger charge is -2.05. The fourth-order valence-corrected chi connectivity index (χ4v) is 2.52. The molecule has 0 amide bonds. The zero-order valence-electron chi connectivity index (χ0n) is 9.76. The minimum absolute atomic E-state index is 0.237. The molecule has 96 valence electrons. The molecule has 0 aliphatic carbocycles. The van der Waals surface area contributed by atoms with Crippen LogP contribution in [0.25, 0.3) is 0 Å². The summed E-state index contributed by atoms with van der Waals surface area (Å²) in [6.07, 6.45) is 3.02. The van der Waals surface area contributed by atoms with Gasteiger partial charge in [0.25, 0.3) is 0 Å². The number of hydrogen-bond acceptors (Lipinski definition) is 3. The Kier molecular flexibility index (Phi) is 3.81. The van der Waals surface area contributed by atoms with Crippen molar-refractivity contribution < 1.29 is 8.42 Å². The molecule has 0 aliphatic rings. The highest BCUT2D eigenvalue weighted by atomic mass is 32.2. The van der Waals surface area contributed by atoms with E-state index in [-0.39, 0.29) is 11.4 Å². The fraction of sp³-hybridized carbons (Fsp3) is 0.167. The molecule has 0 aliphatic heterocycles. The summed E-state index contributed by atoms with van der Waals surface area (Å²) in [5.41, 5.74) is 7.41. The Morgan fingerprint density at radius 3 is 2.33 bits per heavy atom. The van der Waals surface area contributed by atoms with Gasteiger partial charge in [0.15, 0.2) is 0 Å². The molecule has 0 unspecified atom stereocenters. The highest BCUT2D eigenvalue weighted by molar-refractivity contribution is 7.89. The molecular weight excluding hydrogens is 250 g/mol. The molecule has 2 rings (SSSR count). The molecule has 0 saturated heterocycles. The normalized spacial score (nSPS) is 11.6. The van der Waals surface area contributed by atoms with Gasteiger partial charge in [-0.1, -0.05) is 24.3 Å². The second-order valence-corrected chi connectivity index (χ2v) is 5.66. The number of H-pyrrole nitrogens is 1. The van der Waals surface area contributed by atoms with E-state index in [1.54, 1.807) is 6.20 Å². The molecule has 5 nitrogen and oxygen atoms in total. The maximum absolute atomic E-state index is 11.8. The van der Waals surface area contributed by atoms with Crippen LogP contribution in [-0.4, -0.2) is 13.4 Å². The predicted octanol–water partition coefficient (Wildman–Crippen LogP) is 0.952. The number of benzene rings is 1. The van der Waals surface area contributed by atoms with Crippen LogP contribution in [0.2, 0.25) is 0 Å². The Bertz CT molecular complexity index is 589. The van der Waals surface area contributed by atoms with Crippen molar-refractivity contribution in [1.29, 1.82) is 0 Å². The van der Waals surface area contributed by atoms with Gasteiger partial charge in [-0.15, -0.1) is 0 Å². The number of rotatable bonds is 5. The molecule has 1 aromatic carbocycles. The average Bonchev–Trinajstić information content (AvgIpc) is 2.92. The van der Waals surface area contributed by atoms with Gasteiger partial charge in [0.2, 0.25) is 10.0 Å². The molecule has 18 heavy (non-hydrogen) atoms. The number of sulfonamides is 1. The molecule has 0 bridgehead atoms. The second-order valence-electron chi connectivity index (χ2n) is 3.89. The zero-order chi connectivity index (χ0) is 13.0. The van der Waals surface area contributed by atoms with E-state index in [0.717, 1.165) is 11.1 Å².